The van der Waals surface area contributed by atoms with Gasteiger partial charge in [0.2, 0.25) is 0 Å². The first-order valence-corrected chi connectivity index (χ1v) is 11.7. The molecule has 3 aromatic carbocycles. The van der Waals surface area contributed by atoms with Crippen LogP contribution in [0.2, 0.25) is 0 Å². The predicted molar refractivity (Wildman–Crippen MR) is 132 cm³/mol. The highest BCUT2D eigenvalue weighted by Gasteiger charge is 2.22. The number of benzene rings is 3. The number of aromatic nitrogens is 2. The van der Waals surface area contributed by atoms with E-state index in [1.807, 2.05) is 35.0 Å². The molecule has 4 aromatic rings. The second kappa shape index (κ2) is 9.83. The summed E-state index contributed by atoms with van der Waals surface area (Å²) in [4.78, 5) is 12.7. The van der Waals surface area contributed by atoms with Gasteiger partial charge in [-0.2, -0.15) is 5.10 Å². The lowest BCUT2D eigenvalue weighted by molar-refractivity contribution is -0.0365. The predicted octanol–water partition coefficient (Wildman–Crippen LogP) is 4.94. The van der Waals surface area contributed by atoms with E-state index in [0.29, 0.717) is 18.7 Å². The molecule has 7 nitrogen and oxygen atoms in total. The van der Waals surface area contributed by atoms with Crippen molar-refractivity contribution >= 4 is 27.6 Å². The van der Waals surface area contributed by atoms with Crippen molar-refractivity contribution in [1.29, 1.82) is 0 Å². The second-order valence-electron chi connectivity index (χ2n) is 8.52. The minimum Gasteiger partial charge on any atom is -0.497 e. The summed E-state index contributed by atoms with van der Waals surface area (Å²) in [5, 5.41) is 11.0. The van der Waals surface area contributed by atoms with Crippen LogP contribution in [0.3, 0.4) is 0 Å². The molecule has 0 radical (unpaired) electrons. The number of methoxy groups -OCH3 is 2. The van der Waals surface area contributed by atoms with Crippen molar-refractivity contribution in [2.75, 3.05) is 34.0 Å². The van der Waals surface area contributed by atoms with E-state index < -0.39 is 0 Å². The first-order chi connectivity index (χ1) is 16.7. The zero-order valence-corrected chi connectivity index (χ0v) is 19.5. The van der Waals surface area contributed by atoms with Gasteiger partial charge in [0, 0.05) is 36.8 Å². The molecule has 0 spiro atoms. The Morgan fingerprint density at radius 2 is 1.94 bits per heavy atom. The second-order valence-corrected chi connectivity index (χ2v) is 8.52. The molecule has 1 N–H and O–H groups in total. The number of hydrogen-bond donors (Lipinski definition) is 1. The number of carbonyl (C=O) groups excluding carboxylic acids is 1. The average Bonchev–Trinajstić information content (AvgIpc) is 3.27. The van der Waals surface area contributed by atoms with Crippen molar-refractivity contribution in [2.45, 2.75) is 25.5 Å². The lowest BCUT2D eigenvalue weighted by Gasteiger charge is -2.23. The maximum Gasteiger partial charge on any atom is 0.251 e. The van der Waals surface area contributed by atoms with Crippen LogP contribution in [0.15, 0.2) is 54.6 Å². The van der Waals surface area contributed by atoms with Crippen LogP contribution in [-0.2, 0) is 9.47 Å². The summed E-state index contributed by atoms with van der Waals surface area (Å²) in [6.07, 6.45) is 3.00. The molecule has 1 aliphatic heterocycles. The van der Waals surface area contributed by atoms with E-state index in [1.54, 1.807) is 14.2 Å². The molecule has 1 unspecified atom stereocenters. The van der Waals surface area contributed by atoms with Gasteiger partial charge in [0.15, 0.2) is 6.23 Å². The van der Waals surface area contributed by atoms with Crippen LogP contribution in [-0.4, -0.2) is 49.7 Å². The number of nitrogens with one attached hydrogen (secondary N) is 1. The van der Waals surface area contributed by atoms with Gasteiger partial charge in [0.1, 0.15) is 11.4 Å². The van der Waals surface area contributed by atoms with Crippen molar-refractivity contribution < 1.29 is 19.0 Å². The van der Waals surface area contributed by atoms with Gasteiger partial charge in [-0.05, 0) is 66.4 Å². The third-order valence-corrected chi connectivity index (χ3v) is 6.31. The van der Waals surface area contributed by atoms with E-state index in [1.165, 1.54) is 0 Å². The SMILES string of the molecule is COCCNC(=O)c1ccc2c(c1)c(-c1ccc3cc(OC)ccc3c1)nn2C1CCCCO1. The van der Waals surface area contributed by atoms with Crippen molar-refractivity contribution in [3.05, 3.63) is 60.2 Å². The van der Waals surface area contributed by atoms with Crippen LogP contribution in [0.1, 0.15) is 35.8 Å². The Labute approximate surface area is 198 Å². The van der Waals surface area contributed by atoms with Gasteiger partial charge in [0.25, 0.3) is 5.91 Å². The number of nitrogens with zero attached hydrogens (tertiary/aromatic N) is 2. The number of rotatable bonds is 7. The van der Waals surface area contributed by atoms with Gasteiger partial charge in [-0.25, -0.2) is 4.68 Å². The first-order valence-electron chi connectivity index (χ1n) is 11.7. The molecule has 7 heteroatoms. The van der Waals surface area contributed by atoms with Crippen molar-refractivity contribution in [1.82, 2.24) is 15.1 Å². The van der Waals surface area contributed by atoms with Gasteiger partial charge in [-0.15, -0.1) is 0 Å². The lowest BCUT2D eigenvalue weighted by Crippen LogP contribution is -2.26. The molecule has 5 rings (SSSR count). The Bertz CT molecular complexity index is 1320. The summed E-state index contributed by atoms with van der Waals surface area (Å²) in [6, 6.07) is 18.1. The van der Waals surface area contributed by atoms with Gasteiger partial charge in [-0.1, -0.05) is 18.2 Å². The molecule has 1 amide bonds. The fraction of sp³-hybridized carbons (Fsp3) is 0.333. The molecule has 1 aliphatic rings. The smallest absolute Gasteiger partial charge is 0.251 e. The minimum absolute atomic E-state index is 0.101. The standard InChI is InChI=1S/C27H29N3O4/c1-32-14-12-28-27(31)21-9-11-24-23(17-21)26(29-30(24)25-5-3-4-13-34-25)20-7-6-19-16-22(33-2)10-8-18(19)15-20/h6-11,15-17,25H,3-5,12-14H2,1-2H3,(H,28,31). The third-order valence-electron chi connectivity index (χ3n) is 6.31. The maximum atomic E-state index is 12.7. The molecule has 2 heterocycles. The fourth-order valence-corrected chi connectivity index (χ4v) is 4.50. The highest BCUT2D eigenvalue weighted by molar-refractivity contribution is 6.02. The monoisotopic (exact) mass is 459 g/mol. The summed E-state index contributed by atoms with van der Waals surface area (Å²) < 4.78 is 18.4. The number of hydrogen-bond acceptors (Lipinski definition) is 5. The summed E-state index contributed by atoms with van der Waals surface area (Å²) in [5.41, 5.74) is 3.40. The molecule has 0 saturated carbocycles. The van der Waals surface area contributed by atoms with E-state index >= 15 is 0 Å². The lowest BCUT2D eigenvalue weighted by atomic mass is 10.0. The topological polar surface area (TPSA) is 74.6 Å². The molecule has 1 aromatic heterocycles. The zero-order chi connectivity index (χ0) is 23.5. The Kier molecular flexibility index (Phi) is 6.47. The first kappa shape index (κ1) is 22.4. The maximum absolute atomic E-state index is 12.7. The van der Waals surface area contributed by atoms with E-state index in [-0.39, 0.29) is 12.1 Å². The van der Waals surface area contributed by atoms with Gasteiger partial charge in [-0.3, -0.25) is 4.79 Å². The Morgan fingerprint density at radius 1 is 1.09 bits per heavy atom. The molecule has 176 valence electrons. The van der Waals surface area contributed by atoms with Crippen LogP contribution in [0.25, 0.3) is 32.9 Å². The van der Waals surface area contributed by atoms with Crippen LogP contribution < -0.4 is 10.1 Å². The molecular weight excluding hydrogens is 430 g/mol. The Hall–Kier alpha value is -3.42. The van der Waals surface area contributed by atoms with Crippen molar-refractivity contribution in [3.8, 4) is 17.0 Å². The molecule has 1 atom stereocenters. The number of ether oxygens (including phenoxy) is 3. The average molecular weight is 460 g/mol. The highest BCUT2D eigenvalue weighted by atomic mass is 16.5. The van der Waals surface area contributed by atoms with Gasteiger partial charge >= 0.3 is 0 Å². The van der Waals surface area contributed by atoms with E-state index in [2.05, 4.69) is 29.6 Å². The van der Waals surface area contributed by atoms with E-state index in [0.717, 1.165) is 64.6 Å². The van der Waals surface area contributed by atoms with Gasteiger partial charge < -0.3 is 19.5 Å². The summed E-state index contributed by atoms with van der Waals surface area (Å²) in [5.74, 6) is 0.700. The van der Waals surface area contributed by atoms with Gasteiger partial charge in [0.05, 0.1) is 19.2 Å². The molecule has 1 fully saturated rings. The van der Waals surface area contributed by atoms with Crippen molar-refractivity contribution in [2.24, 2.45) is 0 Å². The van der Waals surface area contributed by atoms with Crippen LogP contribution in [0, 0.1) is 0 Å². The third kappa shape index (κ3) is 4.36. The number of carbonyl (C=O) groups is 1. The number of amides is 1. The summed E-state index contributed by atoms with van der Waals surface area (Å²) >= 11 is 0. The molecular formula is C27H29N3O4. The van der Waals surface area contributed by atoms with Crippen molar-refractivity contribution in [3.63, 3.8) is 0 Å². The molecule has 1 saturated heterocycles. The molecule has 0 bridgehead atoms. The molecule has 34 heavy (non-hydrogen) atoms. The highest BCUT2D eigenvalue weighted by Crippen LogP contribution is 2.35. The summed E-state index contributed by atoms with van der Waals surface area (Å²) in [7, 11) is 3.29. The molecule has 0 aliphatic carbocycles. The van der Waals surface area contributed by atoms with Crippen LogP contribution >= 0.6 is 0 Å². The fourth-order valence-electron chi connectivity index (χ4n) is 4.50. The van der Waals surface area contributed by atoms with Crippen LogP contribution in [0.4, 0.5) is 0 Å². The normalized spacial score (nSPS) is 16.1. The minimum atomic E-state index is -0.128. The van der Waals surface area contributed by atoms with Crippen LogP contribution in [0.5, 0.6) is 5.75 Å². The number of fused-ring (bicyclic) bond motifs is 2. The van der Waals surface area contributed by atoms with E-state index in [9.17, 15) is 4.79 Å². The zero-order valence-electron chi connectivity index (χ0n) is 19.5. The Morgan fingerprint density at radius 3 is 2.74 bits per heavy atom. The quantitative estimate of drug-likeness (QED) is 0.396. The Balaban J connectivity index is 1.60. The van der Waals surface area contributed by atoms with E-state index in [4.69, 9.17) is 19.3 Å². The summed E-state index contributed by atoms with van der Waals surface area (Å²) in [6.45, 7) is 1.67. The largest absolute Gasteiger partial charge is 0.497 e.